The maximum atomic E-state index is 12.8. The van der Waals surface area contributed by atoms with Gasteiger partial charge in [0.1, 0.15) is 23.5 Å². The molecule has 1 aliphatic rings. The van der Waals surface area contributed by atoms with Gasteiger partial charge in [-0.05, 0) is 24.3 Å². The normalized spacial score (nSPS) is 19.5. The Kier molecular flexibility index (Phi) is 5.07. The van der Waals surface area contributed by atoms with E-state index in [-0.39, 0.29) is 12.2 Å². The summed E-state index contributed by atoms with van der Waals surface area (Å²) < 4.78 is 54.0. The number of rotatable bonds is 4. The van der Waals surface area contributed by atoms with Gasteiger partial charge in [0.25, 0.3) is 0 Å². The Morgan fingerprint density at radius 1 is 1.15 bits per heavy atom. The van der Waals surface area contributed by atoms with Crippen LogP contribution in [0, 0.1) is 5.92 Å². The smallest absolute Gasteiger partial charge is 0.416 e. The van der Waals surface area contributed by atoms with Crippen molar-refractivity contribution in [1.82, 2.24) is 0 Å². The van der Waals surface area contributed by atoms with Crippen LogP contribution in [0.3, 0.4) is 0 Å². The average molecular weight is 380 g/mol. The zero-order valence-electron chi connectivity index (χ0n) is 14.2. The number of carbonyl (C=O) groups is 2. The molecule has 2 aromatic rings. The summed E-state index contributed by atoms with van der Waals surface area (Å²) in [5.74, 6) is -2.28. The van der Waals surface area contributed by atoms with Crippen LogP contribution in [0.15, 0.2) is 48.5 Å². The number of esters is 2. The van der Waals surface area contributed by atoms with Crippen LogP contribution in [0.5, 0.6) is 11.5 Å². The van der Waals surface area contributed by atoms with Gasteiger partial charge >= 0.3 is 18.1 Å². The highest BCUT2D eigenvalue weighted by atomic mass is 19.4. The molecule has 0 unspecified atom stereocenters. The lowest BCUT2D eigenvalue weighted by Gasteiger charge is -2.19. The lowest BCUT2D eigenvalue weighted by Crippen LogP contribution is -2.24. The number of alkyl halides is 3. The minimum Gasteiger partial charge on any atom is -0.496 e. The van der Waals surface area contributed by atoms with Crippen LogP contribution in [0.2, 0.25) is 0 Å². The summed E-state index contributed by atoms with van der Waals surface area (Å²) in [6, 6.07) is 10.7. The van der Waals surface area contributed by atoms with Crippen molar-refractivity contribution in [2.45, 2.75) is 18.7 Å². The fourth-order valence-corrected chi connectivity index (χ4v) is 2.87. The molecule has 5 nitrogen and oxygen atoms in total. The van der Waals surface area contributed by atoms with Gasteiger partial charge in [-0.3, -0.25) is 9.59 Å². The maximum Gasteiger partial charge on any atom is 0.416 e. The molecule has 3 rings (SSSR count). The fourth-order valence-electron chi connectivity index (χ4n) is 2.87. The minimum atomic E-state index is -4.56. The maximum absolute atomic E-state index is 12.8. The zero-order valence-corrected chi connectivity index (χ0v) is 14.2. The van der Waals surface area contributed by atoms with Crippen LogP contribution in [-0.2, 0) is 20.5 Å². The molecule has 2 atom stereocenters. The summed E-state index contributed by atoms with van der Waals surface area (Å²) in [6.07, 6.45) is -5.73. The second kappa shape index (κ2) is 7.30. The first-order valence-corrected chi connectivity index (χ1v) is 8.01. The van der Waals surface area contributed by atoms with Gasteiger partial charge in [-0.15, -0.1) is 0 Å². The summed E-state index contributed by atoms with van der Waals surface area (Å²) in [6.45, 7) is 0. The predicted octanol–water partition coefficient (Wildman–Crippen LogP) is 3.92. The van der Waals surface area contributed by atoms with Crippen molar-refractivity contribution in [3.63, 3.8) is 0 Å². The van der Waals surface area contributed by atoms with E-state index < -0.39 is 35.7 Å². The summed E-state index contributed by atoms with van der Waals surface area (Å²) >= 11 is 0. The van der Waals surface area contributed by atoms with Crippen molar-refractivity contribution in [2.24, 2.45) is 5.92 Å². The topological polar surface area (TPSA) is 61.8 Å². The first kappa shape index (κ1) is 18.8. The molecule has 0 N–H and O–H groups in total. The van der Waals surface area contributed by atoms with Crippen LogP contribution in [0.4, 0.5) is 13.2 Å². The second-order valence-electron chi connectivity index (χ2n) is 5.91. The molecule has 0 aliphatic carbocycles. The third-order valence-corrected chi connectivity index (χ3v) is 4.14. The Hall–Kier alpha value is -3.03. The highest BCUT2D eigenvalue weighted by Gasteiger charge is 2.43. The molecule has 2 aromatic carbocycles. The Morgan fingerprint density at radius 3 is 2.59 bits per heavy atom. The molecule has 1 heterocycles. The lowest BCUT2D eigenvalue weighted by atomic mass is 9.94. The molecule has 0 amide bonds. The van der Waals surface area contributed by atoms with E-state index in [1.54, 1.807) is 24.3 Å². The number of halogens is 3. The number of methoxy groups -OCH3 is 1. The summed E-state index contributed by atoms with van der Waals surface area (Å²) in [4.78, 5) is 24.3. The molecule has 27 heavy (non-hydrogen) atoms. The van der Waals surface area contributed by atoms with E-state index in [2.05, 4.69) is 0 Å². The van der Waals surface area contributed by atoms with Crippen molar-refractivity contribution < 1.29 is 37.0 Å². The van der Waals surface area contributed by atoms with E-state index in [9.17, 15) is 22.8 Å². The molecule has 1 fully saturated rings. The standard InChI is InChI=1S/C19H15F3O5/c1-25-15-8-3-2-7-13(15)17-14(10-16(23)27-17)18(24)26-12-6-4-5-11(9-12)19(20,21)22/h2-9,14,17H,10H2,1H3/t14-,17+/m1/s1. The van der Waals surface area contributed by atoms with Gasteiger partial charge in [0.05, 0.1) is 19.1 Å². The molecule has 0 saturated carbocycles. The Bertz CT molecular complexity index is 862. The van der Waals surface area contributed by atoms with Crippen molar-refractivity contribution in [2.75, 3.05) is 7.11 Å². The van der Waals surface area contributed by atoms with E-state index in [4.69, 9.17) is 14.2 Å². The SMILES string of the molecule is COc1ccccc1[C@@H]1OC(=O)C[C@H]1C(=O)Oc1cccc(C(F)(F)F)c1. The molecule has 142 valence electrons. The number of benzene rings is 2. The molecule has 1 saturated heterocycles. The van der Waals surface area contributed by atoms with Crippen LogP contribution < -0.4 is 9.47 Å². The van der Waals surface area contributed by atoms with Crippen LogP contribution in [-0.4, -0.2) is 19.0 Å². The van der Waals surface area contributed by atoms with Gasteiger partial charge in [0, 0.05) is 5.56 Å². The van der Waals surface area contributed by atoms with Gasteiger partial charge < -0.3 is 14.2 Å². The van der Waals surface area contributed by atoms with Crippen LogP contribution in [0.25, 0.3) is 0 Å². The summed E-state index contributed by atoms with van der Waals surface area (Å²) in [5.41, 5.74) is -0.454. The van der Waals surface area contributed by atoms with E-state index in [1.807, 2.05) is 0 Å². The molecule has 8 heteroatoms. The predicted molar refractivity (Wildman–Crippen MR) is 87.0 cm³/mol. The number of hydrogen-bond donors (Lipinski definition) is 0. The number of hydrogen-bond acceptors (Lipinski definition) is 5. The average Bonchev–Trinajstić information content (AvgIpc) is 3.03. The zero-order chi connectivity index (χ0) is 19.6. The second-order valence-corrected chi connectivity index (χ2v) is 5.91. The Morgan fingerprint density at radius 2 is 1.89 bits per heavy atom. The quantitative estimate of drug-likeness (QED) is 0.594. The van der Waals surface area contributed by atoms with Crippen molar-refractivity contribution in [3.8, 4) is 11.5 Å². The largest absolute Gasteiger partial charge is 0.496 e. The minimum absolute atomic E-state index is 0.236. The third-order valence-electron chi connectivity index (χ3n) is 4.14. The van der Waals surface area contributed by atoms with Crippen molar-refractivity contribution >= 4 is 11.9 Å². The number of carbonyl (C=O) groups excluding carboxylic acids is 2. The van der Waals surface area contributed by atoms with Gasteiger partial charge in [-0.25, -0.2) is 0 Å². The van der Waals surface area contributed by atoms with Crippen molar-refractivity contribution in [3.05, 3.63) is 59.7 Å². The number of cyclic esters (lactones) is 1. The molecule has 0 bridgehead atoms. The monoisotopic (exact) mass is 380 g/mol. The molecule has 1 aliphatic heterocycles. The fraction of sp³-hybridized carbons (Fsp3) is 0.263. The van der Waals surface area contributed by atoms with Gasteiger partial charge in [-0.2, -0.15) is 13.2 Å². The van der Waals surface area contributed by atoms with E-state index in [1.165, 1.54) is 13.2 Å². The Labute approximate surface area is 152 Å². The van der Waals surface area contributed by atoms with Crippen LogP contribution in [0.1, 0.15) is 23.7 Å². The highest BCUT2D eigenvalue weighted by molar-refractivity contribution is 5.85. The summed E-state index contributed by atoms with van der Waals surface area (Å²) in [5, 5.41) is 0. The molecule has 0 spiro atoms. The number of para-hydroxylation sites is 1. The first-order valence-electron chi connectivity index (χ1n) is 8.01. The van der Waals surface area contributed by atoms with E-state index in [0.717, 1.165) is 18.2 Å². The van der Waals surface area contributed by atoms with E-state index in [0.29, 0.717) is 11.3 Å². The summed E-state index contributed by atoms with van der Waals surface area (Å²) in [7, 11) is 1.44. The molecule has 0 aromatic heterocycles. The molecular formula is C19H15F3O5. The third kappa shape index (κ3) is 4.05. The lowest BCUT2D eigenvalue weighted by molar-refractivity contribution is -0.144. The van der Waals surface area contributed by atoms with Crippen LogP contribution >= 0.6 is 0 Å². The Balaban J connectivity index is 1.84. The van der Waals surface area contributed by atoms with E-state index >= 15 is 0 Å². The van der Waals surface area contributed by atoms with Crippen molar-refractivity contribution in [1.29, 1.82) is 0 Å². The highest BCUT2D eigenvalue weighted by Crippen LogP contribution is 2.40. The van der Waals surface area contributed by atoms with Gasteiger partial charge in [-0.1, -0.05) is 24.3 Å². The van der Waals surface area contributed by atoms with Gasteiger partial charge in [0.2, 0.25) is 0 Å². The van der Waals surface area contributed by atoms with Gasteiger partial charge in [0.15, 0.2) is 0 Å². The molecule has 0 radical (unpaired) electrons. The number of ether oxygens (including phenoxy) is 3. The first-order chi connectivity index (χ1) is 12.8. The molecular weight excluding hydrogens is 365 g/mol.